The van der Waals surface area contributed by atoms with Crippen LogP contribution in [0.4, 0.5) is 4.39 Å². The van der Waals surface area contributed by atoms with Crippen molar-refractivity contribution in [2.75, 3.05) is 19.8 Å². The van der Waals surface area contributed by atoms with Crippen LogP contribution in [0.15, 0.2) is 24.3 Å². The Morgan fingerprint density at radius 2 is 1.83 bits per heavy atom. The summed E-state index contributed by atoms with van der Waals surface area (Å²) in [5, 5.41) is 3.28. The van der Waals surface area contributed by atoms with Crippen molar-refractivity contribution in [2.24, 2.45) is 0 Å². The van der Waals surface area contributed by atoms with Gasteiger partial charge in [0.05, 0.1) is 6.04 Å². The molecule has 102 valence electrons. The van der Waals surface area contributed by atoms with Crippen LogP contribution >= 0.6 is 0 Å². The van der Waals surface area contributed by atoms with E-state index >= 15 is 0 Å². The maximum atomic E-state index is 13.3. The van der Waals surface area contributed by atoms with Crippen LogP contribution in [0.1, 0.15) is 32.4 Å². The highest BCUT2D eigenvalue weighted by Crippen LogP contribution is 2.21. The van der Waals surface area contributed by atoms with Crippen molar-refractivity contribution in [1.82, 2.24) is 5.32 Å². The molecule has 0 heterocycles. The molecule has 0 fully saturated rings. The summed E-state index contributed by atoms with van der Waals surface area (Å²) in [7, 11) is 0. The first-order valence-electron chi connectivity index (χ1n) is 6.44. The molecule has 1 unspecified atom stereocenters. The first kappa shape index (κ1) is 15.1. The van der Waals surface area contributed by atoms with Crippen LogP contribution in [0.5, 0.6) is 0 Å². The molecule has 0 aliphatic heterocycles. The van der Waals surface area contributed by atoms with E-state index in [0.29, 0.717) is 13.2 Å². The zero-order valence-electron chi connectivity index (χ0n) is 11.3. The van der Waals surface area contributed by atoms with E-state index in [1.54, 1.807) is 6.07 Å². The SMILES string of the molecule is CCNC(c1cccc(F)c1)C(OCC)OCC. The molecule has 1 aromatic rings. The number of ether oxygens (including phenoxy) is 2. The Morgan fingerprint density at radius 1 is 1.17 bits per heavy atom. The first-order valence-corrected chi connectivity index (χ1v) is 6.44. The molecule has 18 heavy (non-hydrogen) atoms. The minimum absolute atomic E-state index is 0.161. The molecule has 0 spiro atoms. The molecule has 3 nitrogen and oxygen atoms in total. The van der Waals surface area contributed by atoms with Crippen LogP contribution in [0.3, 0.4) is 0 Å². The number of rotatable bonds is 8. The fraction of sp³-hybridized carbons (Fsp3) is 0.571. The summed E-state index contributed by atoms with van der Waals surface area (Å²) in [6, 6.07) is 6.36. The molecule has 0 bridgehead atoms. The number of benzene rings is 1. The summed E-state index contributed by atoms with van der Waals surface area (Å²) in [5.41, 5.74) is 0.837. The Labute approximate surface area is 108 Å². The van der Waals surface area contributed by atoms with Gasteiger partial charge in [0, 0.05) is 13.2 Å². The van der Waals surface area contributed by atoms with Crippen LogP contribution in [-0.4, -0.2) is 26.0 Å². The lowest BCUT2D eigenvalue weighted by Crippen LogP contribution is -2.36. The average molecular weight is 255 g/mol. The van der Waals surface area contributed by atoms with E-state index < -0.39 is 6.29 Å². The van der Waals surface area contributed by atoms with Gasteiger partial charge in [0.1, 0.15) is 5.82 Å². The third kappa shape index (κ3) is 4.37. The van der Waals surface area contributed by atoms with Crippen LogP contribution in [0, 0.1) is 5.82 Å². The summed E-state index contributed by atoms with van der Waals surface area (Å²) in [5.74, 6) is -0.248. The molecule has 0 saturated heterocycles. The molecule has 0 aromatic heterocycles. The first-order chi connectivity index (χ1) is 8.72. The van der Waals surface area contributed by atoms with E-state index in [4.69, 9.17) is 9.47 Å². The van der Waals surface area contributed by atoms with E-state index in [2.05, 4.69) is 5.32 Å². The lowest BCUT2D eigenvalue weighted by Gasteiger charge is -2.27. The van der Waals surface area contributed by atoms with E-state index in [-0.39, 0.29) is 11.9 Å². The predicted molar refractivity (Wildman–Crippen MR) is 69.9 cm³/mol. The highest BCUT2D eigenvalue weighted by molar-refractivity contribution is 5.20. The molecule has 0 amide bonds. The molecule has 0 aliphatic rings. The third-order valence-corrected chi connectivity index (χ3v) is 2.57. The third-order valence-electron chi connectivity index (χ3n) is 2.57. The van der Waals surface area contributed by atoms with Gasteiger partial charge < -0.3 is 14.8 Å². The van der Waals surface area contributed by atoms with Crippen LogP contribution < -0.4 is 5.32 Å². The second-order valence-corrected chi connectivity index (χ2v) is 3.87. The Morgan fingerprint density at radius 3 is 2.33 bits per heavy atom. The highest BCUT2D eigenvalue weighted by atomic mass is 19.1. The van der Waals surface area contributed by atoms with Gasteiger partial charge in [-0.3, -0.25) is 0 Å². The monoisotopic (exact) mass is 255 g/mol. The van der Waals surface area contributed by atoms with Gasteiger partial charge >= 0.3 is 0 Å². The molecule has 0 radical (unpaired) electrons. The molecule has 1 N–H and O–H groups in total. The predicted octanol–water partition coefficient (Wildman–Crippen LogP) is 2.88. The zero-order valence-corrected chi connectivity index (χ0v) is 11.3. The number of halogens is 1. The smallest absolute Gasteiger partial charge is 0.176 e. The second-order valence-electron chi connectivity index (χ2n) is 3.87. The van der Waals surface area contributed by atoms with Gasteiger partial charge in [0.25, 0.3) is 0 Å². The van der Waals surface area contributed by atoms with Crippen LogP contribution in [0.25, 0.3) is 0 Å². The molecule has 1 rings (SSSR count). The van der Waals surface area contributed by atoms with Gasteiger partial charge in [-0.05, 0) is 38.1 Å². The zero-order chi connectivity index (χ0) is 13.4. The molecule has 1 atom stereocenters. The maximum Gasteiger partial charge on any atom is 0.176 e. The Kier molecular flexibility index (Phi) is 6.86. The topological polar surface area (TPSA) is 30.5 Å². The van der Waals surface area contributed by atoms with Gasteiger partial charge in [-0.1, -0.05) is 19.1 Å². The highest BCUT2D eigenvalue weighted by Gasteiger charge is 2.23. The molecular weight excluding hydrogens is 233 g/mol. The number of nitrogens with one attached hydrogen (secondary N) is 1. The van der Waals surface area contributed by atoms with Crippen molar-refractivity contribution in [1.29, 1.82) is 0 Å². The quantitative estimate of drug-likeness (QED) is 0.725. The summed E-state index contributed by atoms with van der Waals surface area (Å²) < 4.78 is 24.5. The summed E-state index contributed by atoms with van der Waals surface area (Å²) >= 11 is 0. The minimum Gasteiger partial charge on any atom is -0.351 e. The lowest BCUT2D eigenvalue weighted by molar-refractivity contribution is -0.155. The normalized spacial score (nSPS) is 12.9. The van der Waals surface area contributed by atoms with Crippen molar-refractivity contribution in [2.45, 2.75) is 33.1 Å². The molecular formula is C14H22FNO2. The standard InChI is InChI=1S/C14H22FNO2/c1-4-16-13(14(17-5-2)18-6-3)11-8-7-9-12(15)10-11/h7-10,13-14,16H,4-6H2,1-3H3. The average Bonchev–Trinajstić information content (AvgIpc) is 2.36. The van der Waals surface area contributed by atoms with Crippen LogP contribution in [-0.2, 0) is 9.47 Å². The maximum absolute atomic E-state index is 13.3. The van der Waals surface area contributed by atoms with Crippen molar-refractivity contribution >= 4 is 0 Å². The van der Waals surface area contributed by atoms with E-state index in [1.807, 2.05) is 26.8 Å². The Bertz CT molecular complexity index is 340. The molecule has 0 aliphatic carbocycles. The lowest BCUT2D eigenvalue weighted by atomic mass is 10.1. The summed E-state index contributed by atoms with van der Waals surface area (Å²) in [6.45, 7) is 7.71. The van der Waals surface area contributed by atoms with Crippen molar-refractivity contribution in [3.05, 3.63) is 35.6 Å². The van der Waals surface area contributed by atoms with Crippen molar-refractivity contribution in [3.63, 3.8) is 0 Å². The Balaban J connectivity index is 2.91. The summed E-state index contributed by atoms with van der Waals surface area (Å²) in [6.07, 6.45) is -0.401. The van der Waals surface area contributed by atoms with E-state index in [9.17, 15) is 4.39 Å². The largest absolute Gasteiger partial charge is 0.351 e. The van der Waals surface area contributed by atoms with Gasteiger partial charge in [-0.2, -0.15) is 0 Å². The molecule has 0 saturated carbocycles. The van der Waals surface area contributed by atoms with Crippen LogP contribution in [0.2, 0.25) is 0 Å². The number of hydrogen-bond acceptors (Lipinski definition) is 3. The van der Waals surface area contributed by atoms with E-state index in [0.717, 1.165) is 12.1 Å². The summed E-state index contributed by atoms with van der Waals surface area (Å²) in [4.78, 5) is 0. The van der Waals surface area contributed by atoms with Gasteiger partial charge in [-0.25, -0.2) is 4.39 Å². The Hall–Kier alpha value is -0.970. The van der Waals surface area contributed by atoms with E-state index in [1.165, 1.54) is 12.1 Å². The number of hydrogen-bond donors (Lipinski definition) is 1. The van der Waals surface area contributed by atoms with Gasteiger partial charge in [-0.15, -0.1) is 0 Å². The fourth-order valence-electron chi connectivity index (χ4n) is 1.86. The van der Waals surface area contributed by atoms with Gasteiger partial charge in [0.2, 0.25) is 0 Å². The fourth-order valence-corrected chi connectivity index (χ4v) is 1.86. The second kappa shape index (κ2) is 8.19. The number of likely N-dealkylation sites (N-methyl/N-ethyl adjacent to an activating group) is 1. The molecule has 4 heteroatoms. The van der Waals surface area contributed by atoms with Crippen molar-refractivity contribution in [3.8, 4) is 0 Å². The van der Waals surface area contributed by atoms with Crippen molar-refractivity contribution < 1.29 is 13.9 Å². The minimum atomic E-state index is -0.401. The van der Waals surface area contributed by atoms with Gasteiger partial charge in [0.15, 0.2) is 6.29 Å². The molecule has 1 aromatic carbocycles.